The molecule has 1 amide bonds. The third-order valence-corrected chi connectivity index (χ3v) is 4.19. The quantitative estimate of drug-likeness (QED) is 0.908. The molecule has 3 rings (SSSR count). The molecule has 1 aliphatic heterocycles. The number of carbonyl (C=O) groups is 1. The molecule has 2 unspecified atom stereocenters. The molecular formula is C17H16F2N2O3. The molecule has 5 nitrogen and oxygen atoms in total. The molecule has 1 N–H and O–H groups in total. The summed E-state index contributed by atoms with van der Waals surface area (Å²) in [6.45, 7) is 0.0162. The predicted octanol–water partition coefficient (Wildman–Crippen LogP) is 1.61. The monoisotopic (exact) mass is 334 g/mol. The first kappa shape index (κ1) is 16.3. The van der Waals surface area contributed by atoms with Gasteiger partial charge in [0.15, 0.2) is 0 Å². The molecular weight excluding hydrogens is 318 g/mol. The highest BCUT2D eigenvalue weighted by atomic mass is 19.1. The Morgan fingerprint density at radius 2 is 2.00 bits per heavy atom. The molecule has 1 saturated heterocycles. The van der Waals surface area contributed by atoms with Crippen LogP contribution in [-0.2, 0) is 7.05 Å². The second-order valence-corrected chi connectivity index (χ2v) is 5.90. The number of rotatable bonds is 2. The van der Waals surface area contributed by atoms with Crippen LogP contribution in [0, 0.1) is 11.6 Å². The molecule has 1 aromatic carbocycles. The van der Waals surface area contributed by atoms with E-state index in [2.05, 4.69) is 0 Å². The highest BCUT2D eigenvalue weighted by Crippen LogP contribution is 2.35. The summed E-state index contributed by atoms with van der Waals surface area (Å²) in [5.41, 5.74) is 0.0125. The van der Waals surface area contributed by atoms with E-state index in [0.717, 1.165) is 18.2 Å². The number of carbonyl (C=O) groups excluding carboxylic acids is 1. The minimum Gasteiger partial charge on any atom is -0.391 e. The van der Waals surface area contributed by atoms with Gasteiger partial charge in [-0.1, -0.05) is 0 Å². The van der Waals surface area contributed by atoms with Crippen LogP contribution < -0.4 is 5.56 Å². The van der Waals surface area contributed by atoms with Crippen LogP contribution in [-0.4, -0.2) is 33.1 Å². The number of pyridine rings is 1. The topological polar surface area (TPSA) is 62.5 Å². The van der Waals surface area contributed by atoms with Gasteiger partial charge in [0.1, 0.15) is 11.6 Å². The summed E-state index contributed by atoms with van der Waals surface area (Å²) in [7, 11) is 1.52. The fourth-order valence-corrected chi connectivity index (χ4v) is 2.99. The molecule has 1 aliphatic rings. The van der Waals surface area contributed by atoms with Crippen LogP contribution in [0.25, 0.3) is 0 Å². The van der Waals surface area contributed by atoms with E-state index < -0.39 is 29.7 Å². The molecule has 1 aromatic heterocycles. The van der Waals surface area contributed by atoms with Gasteiger partial charge in [0, 0.05) is 31.4 Å². The maximum absolute atomic E-state index is 14.1. The first-order valence-corrected chi connectivity index (χ1v) is 7.47. The van der Waals surface area contributed by atoms with Crippen molar-refractivity contribution in [3.63, 3.8) is 0 Å². The first-order valence-electron chi connectivity index (χ1n) is 7.47. The molecule has 2 aromatic rings. The number of likely N-dealkylation sites (tertiary alicyclic amines) is 1. The van der Waals surface area contributed by atoms with Gasteiger partial charge >= 0.3 is 0 Å². The maximum Gasteiger partial charge on any atom is 0.255 e. The van der Waals surface area contributed by atoms with Crippen molar-refractivity contribution < 1.29 is 18.7 Å². The molecule has 0 radical (unpaired) electrons. The Kier molecular flexibility index (Phi) is 4.19. The Morgan fingerprint density at radius 3 is 2.71 bits per heavy atom. The number of amides is 1. The fraction of sp³-hybridized carbons (Fsp3) is 0.294. The van der Waals surface area contributed by atoms with Crippen molar-refractivity contribution in [2.45, 2.75) is 18.6 Å². The van der Waals surface area contributed by atoms with Crippen molar-refractivity contribution in [2.24, 2.45) is 7.05 Å². The predicted molar refractivity (Wildman–Crippen MR) is 82.4 cm³/mol. The lowest BCUT2D eigenvalue weighted by Crippen LogP contribution is -2.33. The van der Waals surface area contributed by atoms with E-state index in [1.165, 1.54) is 34.8 Å². The van der Waals surface area contributed by atoms with Crippen molar-refractivity contribution in [3.05, 3.63) is 69.6 Å². The van der Waals surface area contributed by atoms with Crippen molar-refractivity contribution in [3.8, 4) is 0 Å². The van der Waals surface area contributed by atoms with Crippen LogP contribution in [0.1, 0.15) is 28.4 Å². The van der Waals surface area contributed by atoms with Gasteiger partial charge in [-0.2, -0.15) is 0 Å². The van der Waals surface area contributed by atoms with Crippen molar-refractivity contribution in [2.75, 3.05) is 6.54 Å². The van der Waals surface area contributed by atoms with Gasteiger partial charge < -0.3 is 14.6 Å². The van der Waals surface area contributed by atoms with Crippen LogP contribution >= 0.6 is 0 Å². The molecule has 7 heteroatoms. The van der Waals surface area contributed by atoms with E-state index in [1.807, 2.05) is 0 Å². The van der Waals surface area contributed by atoms with Crippen molar-refractivity contribution in [1.82, 2.24) is 9.47 Å². The van der Waals surface area contributed by atoms with Gasteiger partial charge in [0.25, 0.3) is 5.91 Å². The first-order chi connectivity index (χ1) is 11.4. The van der Waals surface area contributed by atoms with Gasteiger partial charge in [-0.15, -0.1) is 0 Å². The van der Waals surface area contributed by atoms with Gasteiger partial charge in [0.2, 0.25) is 5.56 Å². The smallest absolute Gasteiger partial charge is 0.255 e. The lowest BCUT2D eigenvalue weighted by atomic mass is 10.0. The average molecular weight is 334 g/mol. The number of hydrogen-bond acceptors (Lipinski definition) is 3. The number of aliphatic hydroxyl groups excluding tert-OH is 1. The number of aryl methyl sites for hydroxylation is 1. The van der Waals surface area contributed by atoms with Crippen LogP contribution in [0.3, 0.4) is 0 Å². The zero-order valence-corrected chi connectivity index (χ0v) is 12.9. The Morgan fingerprint density at radius 1 is 1.25 bits per heavy atom. The SMILES string of the molecule is Cn1cc(C(=O)N2CC(O)CC2c2cc(F)ccc2F)ccc1=O. The largest absolute Gasteiger partial charge is 0.391 e. The summed E-state index contributed by atoms with van der Waals surface area (Å²) in [6, 6.07) is 4.93. The van der Waals surface area contributed by atoms with Gasteiger partial charge in [0.05, 0.1) is 17.7 Å². The van der Waals surface area contributed by atoms with Gasteiger partial charge in [-0.25, -0.2) is 8.78 Å². The Balaban J connectivity index is 1.98. The van der Waals surface area contributed by atoms with E-state index >= 15 is 0 Å². The van der Waals surface area contributed by atoms with E-state index in [0.29, 0.717) is 0 Å². The van der Waals surface area contributed by atoms with Crippen molar-refractivity contribution in [1.29, 1.82) is 0 Å². The maximum atomic E-state index is 14.1. The van der Waals surface area contributed by atoms with Crippen molar-refractivity contribution >= 4 is 5.91 Å². The average Bonchev–Trinajstić information content (AvgIpc) is 2.93. The number of nitrogens with zero attached hydrogens (tertiary/aromatic N) is 2. The Labute approximate surface area is 136 Å². The highest BCUT2D eigenvalue weighted by molar-refractivity contribution is 5.94. The molecule has 126 valence electrons. The second kappa shape index (κ2) is 6.16. The number of hydrogen-bond donors (Lipinski definition) is 1. The molecule has 0 spiro atoms. The summed E-state index contributed by atoms with van der Waals surface area (Å²) in [4.78, 5) is 25.5. The third-order valence-electron chi connectivity index (χ3n) is 4.19. The molecule has 2 atom stereocenters. The Hall–Kier alpha value is -2.54. The Bertz CT molecular complexity index is 850. The summed E-state index contributed by atoms with van der Waals surface area (Å²) < 4.78 is 28.8. The van der Waals surface area contributed by atoms with Gasteiger partial charge in [-0.3, -0.25) is 9.59 Å². The minimum atomic E-state index is -0.825. The summed E-state index contributed by atoms with van der Waals surface area (Å²) in [6.07, 6.45) is 0.681. The highest BCUT2D eigenvalue weighted by Gasteiger charge is 2.37. The van der Waals surface area contributed by atoms with E-state index in [-0.39, 0.29) is 29.7 Å². The van der Waals surface area contributed by atoms with E-state index in [4.69, 9.17) is 0 Å². The number of benzene rings is 1. The standard InChI is InChI=1S/C17H16F2N2O3/c1-20-8-10(2-5-16(20)23)17(24)21-9-12(22)7-15(21)13-6-11(18)3-4-14(13)19/h2-6,8,12,15,22H,7,9H2,1H3. The molecule has 0 saturated carbocycles. The van der Waals surface area contributed by atoms with Crippen LogP contribution in [0.15, 0.2) is 41.3 Å². The van der Waals surface area contributed by atoms with Crippen LogP contribution in [0.2, 0.25) is 0 Å². The van der Waals surface area contributed by atoms with Crippen LogP contribution in [0.5, 0.6) is 0 Å². The second-order valence-electron chi connectivity index (χ2n) is 5.90. The lowest BCUT2D eigenvalue weighted by Gasteiger charge is -2.25. The lowest BCUT2D eigenvalue weighted by molar-refractivity contribution is 0.0713. The number of aliphatic hydroxyl groups is 1. The normalized spacial score (nSPS) is 20.4. The molecule has 0 bridgehead atoms. The zero-order chi connectivity index (χ0) is 17.4. The van der Waals surface area contributed by atoms with Gasteiger partial charge in [-0.05, 0) is 30.7 Å². The summed E-state index contributed by atoms with van der Waals surface area (Å²) >= 11 is 0. The summed E-state index contributed by atoms with van der Waals surface area (Å²) in [5, 5.41) is 9.92. The zero-order valence-electron chi connectivity index (χ0n) is 12.9. The third kappa shape index (κ3) is 2.94. The minimum absolute atomic E-state index is 0.0162. The van der Waals surface area contributed by atoms with E-state index in [1.54, 1.807) is 0 Å². The number of halogens is 2. The number of aromatic nitrogens is 1. The summed E-state index contributed by atoms with van der Waals surface area (Å²) in [5.74, 6) is -1.69. The molecule has 0 aliphatic carbocycles. The fourth-order valence-electron chi connectivity index (χ4n) is 2.99. The van der Waals surface area contributed by atoms with E-state index in [9.17, 15) is 23.5 Å². The molecule has 2 heterocycles. The number of β-amino-alcohol motifs (C(OH)–C–C–N with tert-alkyl or cyclic N) is 1. The molecule has 24 heavy (non-hydrogen) atoms. The molecule has 1 fully saturated rings. The van der Waals surface area contributed by atoms with Crippen LogP contribution in [0.4, 0.5) is 8.78 Å².